The van der Waals surface area contributed by atoms with Crippen molar-refractivity contribution in [1.82, 2.24) is 0 Å². The molecule has 12 atom stereocenters. The number of ether oxygens (including phenoxy) is 6. The molecular formula is C42H57NO10. The van der Waals surface area contributed by atoms with Crippen LogP contribution in [0.2, 0.25) is 0 Å². The Bertz CT molecular complexity index is 1610. The standard InChI is InChI=1S/C42H57NO10/c1-8-24(2)36-27(5)18-19-41(53-36)22-33-21-32(52-41)15-12-26(4)35(44)25(3)10-9-11-29-23-49-38-37(28(6)20-34(39(45)50-33)42(29,38)47)51-40(46)43-30-13-16-31(48-7)17-14-30/h9-14,16-17,20,24-25,27,32-38,44,47H,8,15,18-19,21-23H2,1-7H3,(H,43,46)/b10-9+,26-12+,29-11+/t24-,25-,27-,32+,33-,34-,35-,36+,37+,38+,41+,42+/m0/s1. The predicted molar refractivity (Wildman–Crippen MR) is 199 cm³/mol. The molecule has 1 aromatic rings. The molecule has 3 N–H and O–H groups in total. The van der Waals surface area contributed by atoms with E-state index >= 15 is 0 Å². The van der Waals surface area contributed by atoms with Gasteiger partial charge >= 0.3 is 12.1 Å². The van der Waals surface area contributed by atoms with Gasteiger partial charge in [0.1, 0.15) is 29.5 Å². The van der Waals surface area contributed by atoms with Crippen molar-refractivity contribution < 1.29 is 48.2 Å². The van der Waals surface area contributed by atoms with Crippen LogP contribution in [0.1, 0.15) is 80.1 Å². The third-order valence-corrected chi connectivity index (χ3v) is 12.0. The minimum Gasteiger partial charge on any atom is -0.497 e. The topological polar surface area (TPSA) is 142 Å². The molecule has 4 aliphatic heterocycles. The lowest BCUT2D eigenvalue weighted by molar-refractivity contribution is -0.340. The Hall–Kier alpha value is -3.48. The smallest absolute Gasteiger partial charge is 0.412 e. The highest BCUT2D eigenvalue weighted by atomic mass is 16.7. The number of hydrogen-bond acceptors (Lipinski definition) is 10. The molecule has 3 fully saturated rings. The number of fused-ring (bicyclic) bond motifs is 2. The Morgan fingerprint density at radius 3 is 2.58 bits per heavy atom. The van der Waals surface area contributed by atoms with E-state index in [0.717, 1.165) is 18.4 Å². The fourth-order valence-electron chi connectivity index (χ4n) is 8.63. The first-order chi connectivity index (χ1) is 25.3. The van der Waals surface area contributed by atoms with E-state index in [0.29, 0.717) is 60.1 Å². The highest BCUT2D eigenvalue weighted by molar-refractivity contribution is 5.85. The number of aliphatic hydroxyl groups is 2. The minimum absolute atomic E-state index is 0.000954. The maximum atomic E-state index is 14.4. The number of esters is 1. The van der Waals surface area contributed by atoms with Gasteiger partial charge < -0.3 is 38.6 Å². The van der Waals surface area contributed by atoms with Crippen molar-refractivity contribution in [2.45, 2.75) is 128 Å². The Kier molecular flexibility index (Phi) is 11.9. The molecule has 2 bridgehead atoms. The van der Waals surface area contributed by atoms with E-state index in [1.54, 1.807) is 56.5 Å². The average molecular weight is 736 g/mol. The van der Waals surface area contributed by atoms with Crippen LogP contribution in [0.5, 0.6) is 5.75 Å². The van der Waals surface area contributed by atoms with E-state index < -0.39 is 53.8 Å². The Morgan fingerprint density at radius 2 is 1.87 bits per heavy atom. The van der Waals surface area contributed by atoms with Gasteiger partial charge in [0.25, 0.3) is 0 Å². The van der Waals surface area contributed by atoms with E-state index in [4.69, 9.17) is 28.4 Å². The number of anilines is 1. The molecule has 53 heavy (non-hydrogen) atoms. The third-order valence-electron chi connectivity index (χ3n) is 12.0. The van der Waals surface area contributed by atoms with Crippen molar-refractivity contribution in [3.63, 3.8) is 0 Å². The minimum atomic E-state index is -1.89. The Balaban J connectivity index is 1.33. The van der Waals surface area contributed by atoms with Crippen LogP contribution in [-0.4, -0.2) is 84.0 Å². The highest BCUT2D eigenvalue weighted by Crippen LogP contribution is 2.48. The van der Waals surface area contributed by atoms with Gasteiger partial charge in [0, 0.05) is 30.9 Å². The molecule has 11 nitrogen and oxygen atoms in total. The molecule has 5 aliphatic rings. The van der Waals surface area contributed by atoms with Crippen LogP contribution in [0.15, 0.2) is 71.4 Å². The summed E-state index contributed by atoms with van der Waals surface area (Å²) in [6.07, 6.45) is 8.46. The summed E-state index contributed by atoms with van der Waals surface area (Å²) >= 11 is 0. The zero-order valence-electron chi connectivity index (χ0n) is 32.1. The number of amides is 1. The van der Waals surface area contributed by atoms with Gasteiger partial charge in [-0.1, -0.05) is 64.5 Å². The number of hydrogen-bond donors (Lipinski definition) is 3. The van der Waals surface area contributed by atoms with E-state index in [2.05, 4.69) is 26.1 Å². The summed E-state index contributed by atoms with van der Waals surface area (Å²) in [5.41, 5.74) is 0.422. The second-order valence-corrected chi connectivity index (χ2v) is 15.8. The molecule has 0 radical (unpaired) electrons. The maximum Gasteiger partial charge on any atom is 0.412 e. The summed E-state index contributed by atoms with van der Waals surface area (Å²) in [5.74, 6) is -1.58. The number of carbonyl (C=O) groups excluding carboxylic acids is 2. The van der Waals surface area contributed by atoms with Crippen molar-refractivity contribution in [3.05, 3.63) is 71.4 Å². The molecule has 3 saturated heterocycles. The summed E-state index contributed by atoms with van der Waals surface area (Å²) < 4.78 is 37.4. The van der Waals surface area contributed by atoms with Gasteiger partial charge in [0.15, 0.2) is 11.9 Å². The monoisotopic (exact) mass is 735 g/mol. The molecule has 0 saturated carbocycles. The molecule has 1 spiro atoms. The van der Waals surface area contributed by atoms with Gasteiger partial charge in [0.05, 0.1) is 32.0 Å². The van der Waals surface area contributed by atoms with E-state index in [9.17, 15) is 19.8 Å². The first kappa shape index (κ1) is 39.2. The van der Waals surface area contributed by atoms with Gasteiger partial charge in [-0.15, -0.1) is 0 Å². The van der Waals surface area contributed by atoms with Crippen molar-refractivity contribution in [3.8, 4) is 5.75 Å². The van der Waals surface area contributed by atoms with Crippen molar-refractivity contribution in [1.29, 1.82) is 0 Å². The van der Waals surface area contributed by atoms with Crippen molar-refractivity contribution >= 4 is 17.7 Å². The summed E-state index contributed by atoms with van der Waals surface area (Å²) in [7, 11) is 1.56. The van der Waals surface area contributed by atoms with Crippen LogP contribution in [0.4, 0.5) is 10.5 Å². The first-order valence-corrected chi connectivity index (χ1v) is 19.2. The summed E-state index contributed by atoms with van der Waals surface area (Å²) in [4.78, 5) is 27.6. The molecule has 0 unspecified atom stereocenters. The summed E-state index contributed by atoms with van der Waals surface area (Å²) in [6.45, 7) is 12.2. The SMILES string of the molecule is CC[C@H](C)[C@H]1O[C@]2(CC[C@@H]1C)C[C@@H]1C[C@@H](C/C=C(\C)[C@@H](O)[C@@H](C)/C=C/C=C3\CO[C@@H]4[C@H](OC(=O)Nc5ccc(OC)cc5)C(C)=C[C@@H](C(=O)O1)[C@]34O)O2. The van der Waals surface area contributed by atoms with Crippen LogP contribution < -0.4 is 10.1 Å². The van der Waals surface area contributed by atoms with Crippen molar-refractivity contribution in [2.75, 3.05) is 19.0 Å². The molecule has 290 valence electrons. The van der Waals surface area contributed by atoms with E-state index in [1.165, 1.54) is 0 Å². The van der Waals surface area contributed by atoms with E-state index in [1.807, 2.05) is 26.0 Å². The van der Waals surface area contributed by atoms with Crippen molar-refractivity contribution in [2.24, 2.45) is 23.7 Å². The number of allylic oxidation sites excluding steroid dienone is 2. The zero-order chi connectivity index (χ0) is 38.1. The molecule has 6 rings (SSSR count). The molecule has 1 aliphatic carbocycles. The van der Waals surface area contributed by atoms with Gasteiger partial charge in [-0.3, -0.25) is 10.1 Å². The van der Waals surface area contributed by atoms with Gasteiger partial charge in [-0.2, -0.15) is 0 Å². The van der Waals surface area contributed by atoms with Gasteiger partial charge in [-0.25, -0.2) is 4.79 Å². The molecule has 11 heteroatoms. The number of methoxy groups -OCH3 is 1. The first-order valence-electron chi connectivity index (χ1n) is 19.2. The van der Waals surface area contributed by atoms with Crippen LogP contribution >= 0.6 is 0 Å². The second kappa shape index (κ2) is 16.1. The lowest BCUT2D eigenvalue weighted by Crippen LogP contribution is -2.59. The van der Waals surface area contributed by atoms with Crippen LogP contribution in [0, 0.1) is 23.7 Å². The van der Waals surface area contributed by atoms with Crippen LogP contribution in [-0.2, 0) is 28.5 Å². The fourth-order valence-corrected chi connectivity index (χ4v) is 8.63. The van der Waals surface area contributed by atoms with Gasteiger partial charge in [-0.05, 0) is 79.5 Å². The number of carbonyl (C=O) groups is 2. The average Bonchev–Trinajstić information content (AvgIpc) is 3.48. The Labute approximate surface area is 313 Å². The third kappa shape index (κ3) is 8.15. The summed E-state index contributed by atoms with van der Waals surface area (Å²) in [6, 6.07) is 6.81. The van der Waals surface area contributed by atoms with Crippen LogP contribution in [0.25, 0.3) is 0 Å². The van der Waals surface area contributed by atoms with Crippen LogP contribution in [0.3, 0.4) is 0 Å². The highest BCUT2D eigenvalue weighted by Gasteiger charge is 2.61. The number of aliphatic hydroxyl groups excluding tert-OH is 1. The lowest BCUT2D eigenvalue weighted by atomic mass is 9.70. The second-order valence-electron chi connectivity index (χ2n) is 15.8. The normalized spacial score (nSPS) is 40.7. The molecule has 1 amide bonds. The quantitative estimate of drug-likeness (QED) is 0.219. The number of benzene rings is 1. The molecule has 0 aromatic heterocycles. The Morgan fingerprint density at radius 1 is 1.11 bits per heavy atom. The lowest BCUT2D eigenvalue weighted by Gasteiger charge is -2.51. The van der Waals surface area contributed by atoms with E-state index in [-0.39, 0.29) is 24.7 Å². The van der Waals surface area contributed by atoms with Gasteiger partial charge in [0.2, 0.25) is 0 Å². The largest absolute Gasteiger partial charge is 0.497 e. The summed E-state index contributed by atoms with van der Waals surface area (Å²) in [5, 5.41) is 26.7. The number of rotatable bonds is 5. The maximum absolute atomic E-state index is 14.4. The molecule has 4 heterocycles. The fraction of sp³-hybridized carbons (Fsp3) is 0.619. The zero-order valence-corrected chi connectivity index (χ0v) is 32.1. The molecule has 1 aromatic carbocycles. The molecular weight excluding hydrogens is 678 g/mol. The number of nitrogens with one attached hydrogen (secondary N) is 1. The predicted octanol–water partition coefficient (Wildman–Crippen LogP) is 6.80.